The molecule has 1 aliphatic rings. The minimum atomic E-state index is 0. The summed E-state index contributed by atoms with van der Waals surface area (Å²) in [6.45, 7) is 1.70. The second-order valence-electron chi connectivity index (χ2n) is 5.37. The van der Waals surface area contributed by atoms with Crippen LogP contribution < -0.4 is 10.6 Å². The molecular formula is C16H25ClN2O2. The highest BCUT2D eigenvalue weighted by Crippen LogP contribution is 2.34. The molecule has 118 valence electrons. The molecule has 0 radical (unpaired) electrons. The van der Waals surface area contributed by atoms with Gasteiger partial charge in [-0.3, -0.25) is 4.79 Å². The van der Waals surface area contributed by atoms with Gasteiger partial charge in [0.05, 0.1) is 13.2 Å². The number of benzene rings is 1. The van der Waals surface area contributed by atoms with Gasteiger partial charge < -0.3 is 15.4 Å². The van der Waals surface area contributed by atoms with E-state index in [9.17, 15) is 4.79 Å². The third-order valence-electron chi connectivity index (χ3n) is 3.60. The zero-order valence-corrected chi connectivity index (χ0v) is 13.3. The van der Waals surface area contributed by atoms with E-state index in [2.05, 4.69) is 22.8 Å². The molecule has 0 aromatic heterocycles. The van der Waals surface area contributed by atoms with Gasteiger partial charge in [0.2, 0.25) is 5.91 Å². The Balaban J connectivity index is 0.00000220. The Morgan fingerprint density at radius 1 is 1.33 bits per heavy atom. The summed E-state index contributed by atoms with van der Waals surface area (Å²) >= 11 is 0. The smallest absolute Gasteiger partial charge is 0.234 e. The van der Waals surface area contributed by atoms with Crippen molar-refractivity contribution in [2.24, 2.45) is 5.92 Å². The normalized spacial score (nSPS) is 15.1. The van der Waals surface area contributed by atoms with Crippen molar-refractivity contribution in [2.75, 3.05) is 26.8 Å². The van der Waals surface area contributed by atoms with Crippen molar-refractivity contribution in [2.45, 2.75) is 25.3 Å². The van der Waals surface area contributed by atoms with Crippen LogP contribution in [0.2, 0.25) is 0 Å². The molecule has 1 fully saturated rings. The SMILES string of the molecule is COCCNCC(=O)NC(Cc1ccccc1)C1CC1.Cl. The highest BCUT2D eigenvalue weighted by molar-refractivity contribution is 5.85. The Hall–Kier alpha value is -1.10. The molecule has 0 heterocycles. The molecule has 2 N–H and O–H groups in total. The molecule has 1 aromatic rings. The summed E-state index contributed by atoms with van der Waals surface area (Å²) in [4.78, 5) is 11.9. The van der Waals surface area contributed by atoms with Gasteiger partial charge in [0.1, 0.15) is 0 Å². The highest BCUT2D eigenvalue weighted by atomic mass is 35.5. The zero-order valence-electron chi connectivity index (χ0n) is 12.5. The lowest BCUT2D eigenvalue weighted by atomic mass is 10.0. The molecule has 21 heavy (non-hydrogen) atoms. The van der Waals surface area contributed by atoms with Crippen LogP contribution in [0.3, 0.4) is 0 Å². The van der Waals surface area contributed by atoms with Gasteiger partial charge in [-0.15, -0.1) is 12.4 Å². The molecule has 1 amide bonds. The molecule has 5 heteroatoms. The quantitative estimate of drug-likeness (QED) is 0.683. The summed E-state index contributed by atoms with van der Waals surface area (Å²) in [6, 6.07) is 10.6. The minimum Gasteiger partial charge on any atom is -0.383 e. The summed E-state index contributed by atoms with van der Waals surface area (Å²) < 4.78 is 4.94. The fraction of sp³-hybridized carbons (Fsp3) is 0.562. The van der Waals surface area contributed by atoms with Gasteiger partial charge in [0.15, 0.2) is 0 Å². The fourth-order valence-electron chi connectivity index (χ4n) is 2.34. The number of carbonyl (C=O) groups is 1. The Labute approximate surface area is 133 Å². The first kappa shape index (κ1) is 18.0. The molecule has 0 spiro atoms. The molecule has 1 unspecified atom stereocenters. The Morgan fingerprint density at radius 2 is 2.05 bits per heavy atom. The number of nitrogens with one attached hydrogen (secondary N) is 2. The number of carbonyl (C=O) groups excluding carboxylic acids is 1. The highest BCUT2D eigenvalue weighted by Gasteiger charge is 2.32. The first-order valence-corrected chi connectivity index (χ1v) is 7.32. The molecule has 4 nitrogen and oxygen atoms in total. The maximum atomic E-state index is 11.9. The first-order chi connectivity index (χ1) is 9.79. The van der Waals surface area contributed by atoms with Crippen molar-refractivity contribution in [3.8, 4) is 0 Å². The van der Waals surface area contributed by atoms with Crippen molar-refractivity contribution in [3.05, 3.63) is 35.9 Å². The second kappa shape index (κ2) is 9.77. The van der Waals surface area contributed by atoms with Crippen LogP contribution in [0.1, 0.15) is 18.4 Å². The molecule has 1 atom stereocenters. The minimum absolute atomic E-state index is 0. The molecule has 1 saturated carbocycles. The lowest BCUT2D eigenvalue weighted by Gasteiger charge is -2.18. The second-order valence-corrected chi connectivity index (χ2v) is 5.37. The Bertz CT molecular complexity index is 410. The van der Waals surface area contributed by atoms with Crippen molar-refractivity contribution >= 4 is 18.3 Å². The van der Waals surface area contributed by atoms with Crippen LogP contribution in [0, 0.1) is 5.92 Å². The van der Waals surface area contributed by atoms with Gasteiger partial charge in [0, 0.05) is 19.7 Å². The van der Waals surface area contributed by atoms with Crippen LogP contribution in [0.15, 0.2) is 30.3 Å². The van der Waals surface area contributed by atoms with E-state index >= 15 is 0 Å². The average Bonchev–Trinajstić information content (AvgIpc) is 3.29. The van der Waals surface area contributed by atoms with E-state index in [-0.39, 0.29) is 24.4 Å². The van der Waals surface area contributed by atoms with Gasteiger partial charge >= 0.3 is 0 Å². The van der Waals surface area contributed by atoms with Gasteiger partial charge in [-0.05, 0) is 30.7 Å². The molecule has 1 aliphatic carbocycles. The number of ether oxygens (including phenoxy) is 1. The standard InChI is InChI=1S/C16H24N2O2.ClH/c1-20-10-9-17-12-16(19)18-15(14-7-8-14)11-13-5-3-2-4-6-13;/h2-6,14-15,17H,7-12H2,1H3,(H,18,19);1H. The van der Waals surface area contributed by atoms with Crippen molar-refractivity contribution in [3.63, 3.8) is 0 Å². The van der Waals surface area contributed by atoms with Crippen molar-refractivity contribution in [1.29, 1.82) is 0 Å². The monoisotopic (exact) mass is 312 g/mol. The maximum absolute atomic E-state index is 11.9. The van der Waals surface area contributed by atoms with Gasteiger partial charge in [-0.2, -0.15) is 0 Å². The van der Waals surface area contributed by atoms with Gasteiger partial charge in [0.25, 0.3) is 0 Å². The molecule has 2 rings (SSSR count). The van der Waals surface area contributed by atoms with Crippen LogP contribution in [0.25, 0.3) is 0 Å². The number of amides is 1. The Kier molecular flexibility index (Phi) is 8.35. The third kappa shape index (κ3) is 6.93. The number of hydrogen-bond donors (Lipinski definition) is 2. The van der Waals surface area contributed by atoms with Crippen LogP contribution >= 0.6 is 12.4 Å². The van der Waals surface area contributed by atoms with Crippen LogP contribution in [0.5, 0.6) is 0 Å². The summed E-state index contributed by atoms with van der Waals surface area (Å²) in [7, 11) is 1.66. The molecule has 0 aliphatic heterocycles. The zero-order chi connectivity index (χ0) is 14.2. The van der Waals surface area contributed by atoms with E-state index in [1.807, 2.05) is 18.2 Å². The van der Waals surface area contributed by atoms with E-state index in [0.29, 0.717) is 25.6 Å². The average molecular weight is 313 g/mol. The number of halogens is 1. The molecule has 0 saturated heterocycles. The number of rotatable bonds is 9. The van der Waals surface area contributed by atoms with Gasteiger partial charge in [-0.1, -0.05) is 30.3 Å². The van der Waals surface area contributed by atoms with Crippen molar-refractivity contribution in [1.82, 2.24) is 10.6 Å². The summed E-state index contributed by atoms with van der Waals surface area (Å²) in [6.07, 6.45) is 3.39. The van der Waals surface area contributed by atoms with E-state index in [4.69, 9.17) is 4.74 Å². The summed E-state index contributed by atoms with van der Waals surface area (Å²) in [5.41, 5.74) is 1.29. The molecule has 1 aromatic carbocycles. The summed E-state index contributed by atoms with van der Waals surface area (Å²) in [5, 5.41) is 6.24. The van der Waals surface area contributed by atoms with E-state index in [1.165, 1.54) is 18.4 Å². The van der Waals surface area contributed by atoms with Crippen LogP contribution in [0.4, 0.5) is 0 Å². The van der Waals surface area contributed by atoms with Gasteiger partial charge in [-0.25, -0.2) is 0 Å². The number of methoxy groups -OCH3 is 1. The summed E-state index contributed by atoms with van der Waals surface area (Å²) in [5.74, 6) is 0.729. The molecule has 0 bridgehead atoms. The molecular weight excluding hydrogens is 288 g/mol. The maximum Gasteiger partial charge on any atom is 0.234 e. The third-order valence-corrected chi connectivity index (χ3v) is 3.60. The lowest BCUT2D eigenvalue weighted by Crippen LogP contribution is -2.43. The van der Waals surface area contributed by atoms with E-state index < -0.39 is 0 Å². The van der Waals surface area contributed by atoms with E-state index in [0.717, 1.165) is 6.42 Å². The Morgan fingerprint density at radius 3 is 2.67 bits per heavy atom. The lowest BCUT2D eigenvalue weighted by molar-refractivity contribution is -0.121. The van der Waals surface area contributed by atoms with Crippen LogP contribution in [-0.4, -0.2) is 38.8 Å². The van der Waals surface area contributed by atoms with Crippen molar-refractivity contribution < 1.29 is 9.53 Å². The number of hydrogen-bond acceptors (Lipinski definition) is 3. The predicted molar refractivity (Wildman–Crippen MR) is 86.8 cm³/mol. The fourth-order valence-corrected chi connectivity index (χ4v) is 2.34. The van der Waals surface area contributed by atoms with Crippen LogP contribution in [-0.2, 0) is 16.0 Å². The van der Waals surface area contributed by atoms with E-state index in [1.54, 1.807) is 7.11 Å². The predicted octanol–water partition coefficient (Wildman–Crippen LogP) is 1.78. The topological polar surface area (TPSA) is 50.4 Å². The largest absolute Gasteiger partial charge is 0.383 e. The first-order valence-electron chi connectivity index (χ1n) is 7.32.